The lowest BCUT2D eigenvalue weighted by Gasteiger charge is -2.29. The van der Waals surface area contributed by atoms with Crippen molar-refractivity contribution >= 4 is 11.7 Å². The summed E-state index contributed by atoms with van der Waals surface area (Å²) < 4.78 is 5.44. The number of hydroxylamine groups is 1. The van der Waals surface area contributed by atoms with E-state index in [0.29, 0.717) is 5.76 Å². The van der Waals surface area contributed by atoms with Crippen molar-refractivity contribution in [3.63, 3.8) is 0 Å². The molecule has 1 saturated carbocycles. The number of aryl methyl sites for hydroxylation is 1. The molecule has 7 heteroatoms. The number of amidine groups is 1. The van der Waals surface area contributed by atoms with E-state index in [1.807, 2.05) is 31.7 Å². The molecule has 1 saturated heterocycles. The van der Waals surface area contributed by atoms with Crippen LogP contribution >= 0.6 is 0 Å². The van der Waals surface area contributed by atoms with Gasteiger partial charge >= 0.3 is 0 Å². The van der Waals surface area contributed by atoms with Gasteiger partial charge in [-0.15, -0.1) is 0 Å². The van der Waals surface area contributed by atoms with E-state index < -0.39 is 5.72 Å². The van der Waals surface area contributed by atoms with Gasteiger partial charge < -0.3 is 9.42 Å². The van der Waals surface area contributed by atoms with Crippen molar-refractivity contribution < 1.29 is 14.2 Å². The maximum Gasteiger partial charge on any atom is 0.234 e. The summed E-state index contributed by atoms with van der Waals surface area (Å²) in [6, 6.07) is 1.84. The average molecular weight is 360 g/mol. The fraction of sp³-hybridized carbons (Fsp3) is 0.737. The second-order valence-electron chi connectivity index (χ2n) is 8.14. The van der Waals surface area contributed by atoms with E-state index in [9.17, 15) is 4.79 Å². The molecule has 7 nitrogen and oxygen atoms in total. The Labute approximate surface area is 154 Å². The first-order valence-electron chi connectivity index (χ1n) is 9.76. The van der Waals surface area contributed by atoms with Crippen LogP contribution in [0.4, 0.5) is 0 Å². The Bertz CT molecular complexity index is 705. The summed E-state index contributed by atoms with van der Waals surface area (Å²) in [7, 11) is 0. The predicted octanol–water partition coefficient (Wildman–Crippen LogP) is 2.92. The van der Waals surface area contributed by atoms with Crippen LogP contribution in [0, 0.1) is 12.8 Å². The summed E-state index contributed by atoms with van der Waals surface area (Å²) in [5, 5.41) is 3.97. The highest BCUT2D eigenvalue weighted by molar-refractivity contribution is 5.94. The number of hydrogen-bond acceptors (Lipinski definition) is 6. The molecule has 2 atom stereocenters. The molecule has 1 aliphatic carbocycles. The standard InChI is InChI=1S/C19H28N4O3/c1-12(2)16(15-11-13(3)21-25-15)18(24)23-10-6-7-14(23)17-20-19(26-22-17)8-4-5-9-19/h11-12,14,16H,4-10H2,1-3H3,(H,20,22). The highest BCUT2D eigenvalue weighted by Crippen LogP contribution is 2.38. The van der Waals surface area contributed by atoms with E-state index in [0.717, 1.165) is 56.6 Å². The van der Waals surface area contributed by atoms with Gasteiger partial charge in [0, 0.05) is 12.6 Å². The quantitative estimate of drug-likeness (QED) is 0.893. The number of likely N-dealkylation sites (tertiary alicyclic amines) is 1. The molecule has 142 valence electrons. The molecule has 1 N–H and O–H groups in total. The van der Waals surface area contributed by atoms with Gasteiger partial charge in [0.15, 0.2) is 5.72 Å². The van der Waals surface area contributed by atoms with Gasteiger partial charge in [-0.25, -0.2) is 15.3 Å². The highest BCUT2D eigenvalue weighted by atomic mass is 16.7. The number of aliphatic imine (C=N–C) groups is 1. The third kappa shape index (κ3) is 3.02. The molecular formula is C19H28N4O3. The molecule has 0 radical (unpaired) electrons. The van der Waals surface area contributed by atoms with E-state index >= 15 is 0 Å². The molecule has 1 aromatic heterocycles. The molecular weight excluding hydrogens is 332 g/mol. The Morgan fingerprint density at radius 1 is 1.35 bits per heavy atom. The zero-order valence-corrected chi connectivity index (χ0v) is 15.8. The molecule has 2 unspecified atom stereocenters. The van der Waals surface area contributed by atoms with Crippen molar-refractivity contribution in [1.82, 2.24) is 15.5 Å². The fourth-order valence-electron chi connectivity index (χ4n) is 4.45. The topological polar surface area (TPSA) is 80.0 Å². The van der Waals surface area contributed by atoms with Gasteiger partial charge in [0.2, 0.25) is 5.91 Å². The van der Waals surface area contributed by atoms with Crippen LogP contribution in [0.25, 0.3) is 0 Å². The SMILES string of the molecule is Cc1cc(C(C(=O)N2CCCC2C2=NC3(CCCC3)ON2)C(C)C)on1. The number of nitrogens with zero attached hydrogens (tertiary/aromatic N) is 3. The minimum Gasteiger partial charge on any atom is -0.360 e. The number of aromatic nitrogens is 1. The van der Waals surface area contributed by atoms with Gasteiger partial charge in [-0.2, -0.15) is 0 Å². The Hall–Kier alpha value is -1.89. The maximum absolute atomic E-state index is 13.4. The van der Waals surface area contributed by atoms with Crippen molar-refractivity contribution in [1.29, 1.82) is 0 Å². The number of rotatable bonds is 4. The van der Waals surface area contributed by atoms with Crippen molar-refractivity contribution in [3.05, 3.63) is 17.5 Å². The van der Waals surface area contributed by atoms with Crippen LogP contribution in [0.15, 0.2) is 15.6 Å². The average Bonchev–Trinajstić information content (AvgIpc) is 3.37. The summed E-state index contributed by atoms with van der Waals surface area (Å²) in [5.74, 6) is 1.37. The highest BCUT2D eigenvalue weighted by Gasteiger charge is 2.45. The Balaban J connectivity index is 1.56. The smallest absolute Gasteiger partial charge is 0.234 e. The molecule has 3 aliphatic rings. The molecule has 0 aromatic carbocycles. The van der Waals surface area contributed by atoms with Crippen LogP contribution in [0.3, 0.4) is 0 Å². The first-order chi connectivity index (χ1) is 12.5. The lowest BCUT2D eigenvalue weighted by atomic mass is 9.91. The van der Waals surface area contributed by atoms with Crippen molar-refractivity contribution in [2.24, 2.45) is 10.9 Å². The van der Waals surface area contributed by atoms with Gasteiger partial charge in [-0.1, -0.05) is 19.0 Å². The maximum atomic E-state index is 13.4. The zero-order valence-electron chi connectivity index (χ0n) is 15.8. The lowest BCUT2D eigenvalue weighted by Crippen LogP contribution is -2.46. The second-order valence-corrected chi connectivity index (χ2v) is 8.14. The van der Waals surface area contributed by atoms with Crippen molar-refractivity contribution in [3.8, 4) is 0 Å². The largest absolute Gasteiger partial charge is 0.360 e. The van der Waals surface area contributed by atoms with Crippen LogP contribution in [-0.4, -0.2) is 40.1 Å². The predicted molar refractivity (Wildman–Crippen MR) is 96.4 cm³/mol. The molecule has 3 heterocycles. The number of nitrogens with one attached hydrogen (secondary N) is 1. The summed E-state index contributed by atoms with van der Waals surface area (Å²) in [6.45, 7) is 6.72. The van der Waals surface area contributed by atoms with Gasteiger partial charge in [0.05, 0.1) is 11.7 Å². The van der Waals surface area contributed by atoms with Crippen molar-refractivity contribution in [2.75, 3.05) is 6.54 Å². The summed E-state index contributed by atoms with van der Waals surface area (Å²) in [5.41, 5.74) is 3.45. The van der Waals surface area contributed by atoms with Gasteiger partial charge in [-0.05, 0) is 51.4 Å². The third-order valence-corrected chi connectivity index (χ3v) is 5.79. The molecule has 0 bridgehead atoms. The first-order valence-corrected chi connectivity index (χ1v) is 9.76. The Kier molecular flexibility index (Phi) is 4.50. The van der Waals surface area contributed by atoms with Crippen LogP contribution in [-0.2, 0) is 9.63 Å². The van der Waals surface area contributed by atoms with Crippen molar-refractivity contribution in [2.45, 2.75) is 77.0 Å². The molecule has 4 rings (SSSR count). The normalized spacial score (nSPS) is 25.8. The molecule has 2 aliphatic heterocycles. The van der Waals surface area contributed by atoms with Crippen LogP contribution in [0.5, 0.6) is 0 Å². The summed E-state index contributed by atoms with van der Waals surface area (Å²) in [6.07, 6.45) is 6.09. The molecule has 1 amide bonds. The minimum absolute atomic E-state index is 0.0345. The first kappa shape index (κ1) is 17.5. The van der Waals surface area contributed by atoms with Gasteiger partial charge in [0.25, 0.3) is 0 Å². The summed E-state index contributed by atoms with van der Waals surface area (Å²) in [4.78, 5) is 26.0. The monoisotopic (exact) mass is 360 g/mol. The Morgan fingerprint density at radius 3 is 2.77 bits per heavy atom. The minimum atomic E-state index is -0.397. The second kappa shape index (κ2) is 6.68. The van der Waals surface area contributed by atoms with Crippen LogP contribution < -0.4 is 5.48 Å². The van der Waals surface area contributed by atoms with E-state index in [1.54, 1.807) is 0 Å². The number of hydrogen-bond donors (Lipinski definition) is 1. The van der Waals surface area contributed by atoms with E-state index in [4.69, 9.17) is 14.4 Å². The molecule has 26 heavy (non-hydrogen) atoms. The number of amides is 1. The Morgan fingerprint density at radius 2 is 2.12 bits per heavy atom. The van der Waals surface area contributed by atoms with Crippen LogP contribution in [0.1, 0.15) is 69.7 Å². The van der Waals surface area contributed by atoms with Gasteiger partial charge in [-0.3, -0.25) is 4.79 Å². The zero-order chi connectivity index (χ0) is 18.3. The molecule has 1 aromatic rings. The summed E-state index contributed by atoms with van der Waals surface area (Å²) >= 11 is 0. The fourth-order valence-corrected chi connectivity index (χ4v) is 4.45. The molecule has 1 spiro atoms. The van der Waals surface area contributed by atoms with E-state index in [2.05, 4.69) is 10.6 Å². The third-order valence-electron chi connectivity index (χ3n) is 5.79. The van der Waals surface area contributed by atoms with Gasteiger partial charge in [0.1, 0.15) is 17.5 Å². The van der Waals surface area contributed by atoms with Crippen LogP contribution in [0.2, 0.25) is 0 Å². The van der Waals surface area contributed by atoms with E-state index in [-0.39, 0.29) is 23.8 Å². The van der Waals surface area contributed by atoms with E-state index in [1.165, 1.54) is 0 Å². The molecule has 2 fully saturated rings. The number of carbonyl (C=O) groups is 1. The lowest BCUT2D eigenvalue weighted by molar-refractivity contribution is -0.134. The number of carbonyl (C=O) groups excluding carboxylic acids is 1.